The van der Waals surface area contributed by atoms with Gasteiger partial charge in [0.05, 0.1) is 17.7 Å². The van der Waals surface area contributed by atoms with Crippen molar-refractivity contribution in [3.05, 3.63) is 56.8 Å². The summed E-state index contributed by atoms with van der Waals surface area (Å²) >= 11 is 6.28. The largest absolute Gasteiger partial charge is 0.478 e. The molecule has 0 spiro atoms. The smallest absolute Gasteiger partial charge is 0.232 e. The van der Waals surface area contributed by atoms with Crippen LogP contribution in [0.15, 0.2) is 24.0 Å². The van der Waals surface area contributed by atoms with E-state index in [4.69, 9.17) is 35.3 Å². The summed E-state index contributed by atoms with van der Waals surface area (Å²) < 4.78 is 28.3. The Bertz CT molecular complexity index is 1110. The molecule has 7 nitrogen and oxygen atoms in total. The molecule has 0 radical (unpaired) electrons. The normalized spacial score (nSPS) is 18.5. The lowest BCUT2D eigenvalue weighted by Gasteiger charge is -2.30. The second-order valence-corrected chi connectivity index (χ2v) is 8.52. The Balaban J connectivity index is 1.49. The number of ether oxygens (including phenoxy) is 5. The molecule has 0 unspecified atom stereocenters. The molecule has 3 aliphatic heterocycles. The van der Waals surface area contributed by atoms with Gasteiger partial charge in [0.15, 0.2) is 12.6 Å². The lowest BCUT2D eigenvalue weighted by Crippen LogP contribution is -2.33. The van der Waals surface area contributed by atoms with Crippen molar-refractivity contribution in [3.63, 3.8) is 0 Å². The molecule has 0 amide bonds. The number of aryl methyl sites for hydroxylation is 1. The number of nitrogens with zero attached hydrogens (tertiary/aromatic N) is 1. The minimum atomic E-state index is -0.155. The number of hydrogen-bond acceptors (Lipinski definition) is 7. The highest BCUT2D eigenvalue weighted by molar-refractivity contribution is 6.31. The number of methoxy groups -OCH3 is 1. The number of ketones is 1. The van der Waals surface area contributed by atoms with E-state index < -0.39 is 0 Å². The monoisotopic (exact) mass is 457 g/mol. The maximum atomic E-state index is 13.3. The van der Waals surface area contributed by atoms with Crippen LogP contribution in [0.4, 0.5) is 0 Å². The van der Waals surface area contributed by atoms with E-state index in [1.807, 2.05) is 13.0 Å². The second-order valence-electron chi connectivity index (χ2n) is 8.08. The van der Waals surface area contributed by atoms with Crippen molar-refractivity contribution in [1.82, 2.24) is 4.90 Å². The molecule has 8 heteroatoms. The number of halogens is 1. The van der Waals surface area contributed by atoms with E-state index in [-0.39, 0.29) is 18.3 Å². The van der Waals surface area contributed by atoms with E-state index in [0.29, 0.717) is 54.1 Å². The van der Waals surface area contributed by atoms with E-state index in [0.717, 1.165) is 35.4 Å². The van der Waals surface area contributed by atoms with Crippen molar-refractivity contribution in [3.8, 4) is 17.2 Å². The number of Topliss-reactive ketones (excluding diaryl/α,β-unsaturated/α-hetero) is 1. The van der Waals surface area contributed by atoms with E-state index in [2.05, 4.69) is 4.90 Å². The van der Waals surface area contributed by atoms with Gasteiger partial charge in [-0.1, -0.05) is 11.6 Å². The van der Waals surface area contributed by atoms with Crippen LogP contribution in [0.5, 0.6) is 17.2 Å². The van der Waals surface area contributed by atoms with Crippen LogP contribution >= 0.6 is 11.6 Å². The molecule has 0 atom stereocenters. The van der Waals surface area contributed by atoms with E-state index >= 15 is 0 Å². The molecule has 32 heavy (non-hydrogen) atoms. The lowest BCUT2D eigenvalue weighted by molar-refractivity contribution is -0.0165. The summed E-state index contributed by atoms with van der Waals surface area (Å²) in [6.45, 7) is 5.13. The van der Waals surface area contributed by atoms with Gasteiger partial charge in [0.1, 0.15) is 24.0 Å². The number of carbonyl (C=O) groups excluding carboxylic acids is 1. The Hall–Kier alpha value is -2.58. The highest BCUT2D eigenvalue weighted by Crippen LogP contribution is 2.44. The van der Waals surface area contributed by atoms with Crippen molar-refractivity contribution in [2.75, 3.05) is 33.8 Å². The predicted molar refractivity (Wildman–Crippen MR) is 118 cm³/mol. The van der Waals surface area contributed by atoms with Gasteiger partial charge in [-0.25, -0.2) is 0 Å². The third kappa shape index (κ3) is 3.86. The third-order valence-corrected chi connectivity index (χ3v) is 6.02. The van der Waals surface area contributed by atoms with Gasteiger partial charge in [-0.15, -0.1) is 0 Å². The molecule has 2 aromatic carbocycles. The standard InChI is InChI=1S/C24H24ClNO6/c1-14-6-19-18(10-26(12-30-19)4-3-5-28-2)24-21(14)22(27)20(32-24)9-15-7-17(25)8-16-11-29-13-31-23(15)16/h6-9H,3-5,10-13H2,1-2H3/b20-9-. The molecule has 3 heterocycles. The number of hydrogen-bond donors (Lipinski definition) is 0. The molecule has 168 valence electrons. The Labute approximate surface area is 191 Å². The molecule has 0 fully saturated rings. The summed E-state index contributed by atoms with van der Waals surface area (Å²) in [6.07, 6.45) is 2.60. The van der Waals surface area contributed by atoms with Crippen LogP contribution in [0.3, 0.4) is 0 Å². The highest BCUT2D eigenvalue weighted by atomic mass is 35.5. The van der Waals surface area contributed by atoms with Gasteiger partial charge >= 0.3 is 0 Å². The van der Waals surface area contributed by atoms with Crippen molar-refractivity contribution in [2.45, 2.75) is 26.5 Å². The average molecular weight is 458 g/mol. The van der Waals surface area contributed by atoms with Crippen LogP contribution in [-0.2, 0) is 22.6 Å². The number of benzene rings is 2. The fourth-order valence-corrected chi connectivity index (χ4v) is 4.56. The molecule has 5 rings (SSSR count). The molecule has 0 bridgehead atoms. The summed E-state index contributed by atoms with van der Waals surface area (Å²) in [4.78, 5) is 15.5. The van der Waals surface area contributed by atoms with Crippen molar-refractivity contribution < 1.29 is 28.5 Å². The van der Waals surface area contributed by atoms with Gasteiger partial charge in [0.25, 0.3) is 0 Å². The maximum absolute atomic E-state index is 13.3. The Kier molecular flexibility index (Phi) is 5.82. The predicted octanol–water partition coefficient (Wildman–Crippen LogP) is 4.32. The molecular formula is C24H24ClNO6. The van der Waals surface area contributed by atoms with E-state index in [9.17, 15) is 4.79 Å². The zero-order valence-corrected chi connectivity index (χ0v) is 18.8. The minimum absolute atomic E-state index is 0.155. The first-order valence-corrected chi connectivity index (χ1v) is 10.9. The maximum Gasteiger partial charge on any atom is 0.232 e. The van der Waals surface area contributed by atoms with Gasteiger partial charge < -0.3 is 23.7 Å². The van der Waals surface area contributed by atoms with Gasteiger partial charge in [-0.3, -0.25) is 9.69 Å². The van der Waals surface area contributed by atoms with Crippen molar-refractivity contribution >= 4 is 23.5 Å². The lowest BCUT2D eigenvalue weighted by atomic mass is 9.98. The molecule has 0 N–H and O–H groups in total. The zero-order valence-electron chi connectivity index (χ0n) is 18.0. The van der Waals surface area contributed by atoms with Crippen LogP contribution in [0.2, 0.25) is 5.02 Å². The van der Waals surface area contributed by atoms with Gasteiger partial charge in [-0.05, 0) is 43.2 Å². The zero-order chi connectivity index (χ0) is 22.2. The fourth-order valence-electron chi connectivity index (χ4n) is 4.31. The first-order chi connectivity index (χ1) is 15.5. The molecule has 0 aliphatic carbocycles. The summed E-state index contributed by atoms with van der Waals surface area (Å²) in [7, 11) is 1.69. The SMILES string of the molecule is COCCCN1COc2cc(C)c3c(c2C1)O/C(=C\c1cc(Cl)cc2c1OCOC2)C3=O. The number of allylic oxidation sites excluding steroid dienone is 1. The summed E-state index contributed by atoms with van der Waals surface area (Å²) in [5, 5.41) is 0.543. The first kappa shape index (κ1) is 21.3. The molecule has 3 aliphatic rings. The average Bonchev–Trinajstić information content (AvgIpc) is 3.11. The van der Waals surface area contributed by atoms with Gasteiger partial charge in [0.2, 0.25) is 5.78 Å². The third-order valence-electron chi connectivity index (χ3n) is 5.80. The number of fused-ring (bicyclic) bond motifs is 4. The van der Waals surface area contributed by atoms with Crippen LogP contribution in [0.25, 0.3) is 6.08 Å². The Morgan fingerprint density at radius 1 is 1.22 bits per heavy atom. The number of rotatable bonds is 5. The van der Waals surface area contributed by atoms with Crippen LogP contribution in [0.1, 0.15) is 39.0 Å². The van der Waals surface area contributed by atoms with E-state index in [1.165, 1.54) is 0 Å². The molecule has 0 saturated heterocycles. The molecule has 0 aromatic heterocycles. The van der Waals surface area contributed by atoms with E-state index in [1.54, 1.807) is 25.3 Å². The van der Waals surface area contributed by atoms with Gasteiger partial charge in [0, 0.05) is 43.0 Å². The summed E-state index contributed by atoms with van der Waals surface area (Å²) in [5.74, 6) is 2.09. The quantitative estimate of drug-likeness (QED) is 0.489. The van der Waals surface area contributed by atoms with Crippen molar-refractivity contribution in [2.24, 2.45) is 0 Å². The van der Waals surface area contributed by atoms with Crippen LogP contribution < -0.4 is 14.2 Å². The van der Waals surface area contributed by atoms with Crippen molar-refractivity contribution in [1.29, 1.82) is 0 Å². The topological polar surface area (TPSA) is 66.5 Å². The first-order valence-electron chi connectivity index (χ1n) is 10.5. The molecule has 0 saturated carbocycles. The molecule has 2 aromatic rings. The minimum Gasteiger partial charge on any atom is -0.478 e. The van der Waals surface area contributed by atoms with Crippen LogP contribution in [-0.4, -0.2) is 44.5 Å². The highest BCUT2D eigenvalue weighted by Gasteiger charge is 2.35. The fraction of sp³-hybridized carbons (Fsp3) is 0.375. The van der Waals surface area contributed by atoms with Crippen LogP contribution in [0, 0.1) is 6.92 Å². The Morgan fingerprint density at radius 2 is 2.09 bits per heavy atom. The summed E-state index contributed by atoms with van der Waals surface area (Å²) in [5.41, 5.74) is 3.84. The second kappa shape index (κ2) is 8.75. The number of carbonyl (C=O) groups is 1. The van der Waals surface area contributed by atoms with Gasteiger partial charge in [-0.2, -0.15) is 0 Å². The Morgan fingerprint density at radius 3 is 2.94 bits per heavy atom. The summed E-state index contributed by atoms with van der Waals surface area (Å²) in [6, 6.07) is 5.49. The molecular weight excluding hydrogens is 434 g/mol.